The number of halogens is 1. The van der Waals surface area contributed by atoms with E-state index in [0.717, 1.165) is 5.56 Å². The van der Waals surface area contributed by atoms with Gasteiger partial charge in [-0.2, -0.15) is 0 Å². The first-order valence-electron chi connectivity index (χ1n) is 4.14. The van der Waals surface area contributed by atoms with E-state index in [0.29, 0.717) is 18.2 Å². The highest BCUT2D eigenvalue weighted by Crippen LogP contribution is 2.11. The average Bonchev–Trinajstić information content (AvgIpc) is 2.20. The zero-order valence-electron chi connectivity index (χ0n) is 7.87. The van der Waals surface area contributed by atoms with Gasteiger partial charge in [0.05, 0.1) is 12.8 Å². The maximum atomic E-state index is 5.87. The lowest BCUT2D eigenvalue weighted by atomic mass is 10.2. The van der Waals surface area contributed by atoms with Gasteiger partial charge in [0.25, 0.3) is 0 Å². The summed E-state index contributed by atoms with van der Waals surface area (Å²) in [4.78, 5) is 4.90. The number of hydrogen-bond acceptors (Lipinski definition) is 3. The van der Waals surface area contributed by atoms with Crippen LogP contribution >= 0.6 is 11.6 Å². The third-order valence-electron chi connectivity index (χ3n) is 1.49. The molecule has 1 aromatic rings. The van der Waals surface area contributed by atoms with Crippen molar-refractivity contribution in [2.75, 3.05) is 20.3 Å². The van der Waals surface area contributed by atoms with Crippen LogP contribution in [-0.2, 0) is 9.57 Å². The van der Waals surface area contributed by atoms with Crippen LogP contribution < -0.4 is 0 Å². The molecule has 1 rings (SSSR count). The largest absolute Gasteiger partial charge is 0.393 e. The molecule has 0 fully saturated rings. The van der Waals surface area contributed by atoms with Gasteiger partial charge in [0.1, 0.15) is 6.61 Å². The Labute approximate surface area is 88.3 Å². The number of methoxy groups -OCH3 is 1. The van der Waals surface area contributed by atoms with Gasteiger partial charge in [-0.1, -0.05) is 22.8 Å². The van der Waals surface area contributed by atoms with Gasteiger partial charge in [-0.15, -0.1) is 0 Å². The number of nitrogens with zero attached hydrogens (tertiary/aromatic N) is 1. The molecule has 0 bridgehead atoms. The van der Waals surface area contributed by atoms with Crippen LogP contribution in [0.3, 0.4) is 0 Å². The minimum Gasteiger partial charge on any atom is -0.393 e. The summed E-state index contributed by atoms with van der Waals surface area (Å²) >= 11 is 5.87. The highest BCUT2D eigenvalue weighted by atomic mass is 35.5. The minimum atomic E-state index is 0.432. The van der Waals surface area contributed by atoms with Gasteiger partial charge < -0.3 is 9.57 Å². The second-order valence-electron chi connectivity index (χ2n) is 2.51. The van der Waals surface area contributed by atoms with Crippen molar-refractivity contribution in [2.24, 2.45) is 5.16 Å². The minimum absolute atomic E-state index is 0.432. The van der Waals surface area contributed by atoms with E-state index in [1.54, 1.807) is 31.5 Å². The molecule has 0 aromatic heterocycles. The van der Waals surface area contributed by atoms with Crippen LogP contribution in [0.15, 0.2) is 23.4 Å². The van der Waals surface area contributed by atoms with Crippen LogP contribution in [0.25, 0.3) is 0 Å². The Bertz CT molecular complexity index is 302. The van der Waals surface area contributed by atoms with Gasteiger partial charge in [-0.25, -0.2) is 0 Å². The maximum absolute atomic E-state index is 5.87. The van der Waals surface area contributed by atoms with E-state index >= 15 is 0 Å². The van der Waals surface area contributed by atoms with E-state index in [1.807, 2.05) is 0 Å². The van der Waals surface area contributed by atoms with Crippen molar-refractivity contribution in [3.05, 3.63) is 34.9 Å². The Morgan fingerprint density at radius 1 is 1.57 bits per heavy atom. The summed E-state index contributed by atoms with van der Waals surface area (Å²) in [6.07, 6.45) is 1.55. The van der Waals surface area contributed by atoms with Crippen LogP contribution in [0, 0.1) is 6.07 Å². The number of rotatable bonds is 5. The van der Waals surface area contributed by atoms with E-state index in [4.69, 9.17) is 21.2 Å². The molecule has 1 radical (unpaired) electrons. The van der Waals surface area contributed by atoms with Gasteiger partial charge in [-0.3, -0.25) is 0 Å². The maximum Gasteiger partial charge on any atom is 0.140 e. The first kappa shape index (κ1) is 11.0. The second-order valence-corrected chi connectivity index (χ2v) is 2.92. The SMILES string of the molecule is COCCON=Cc1c[c]ccc1Cl. The lowest BCUT2D eigenvalue weighted by Gasteiger charge is -1.97. The van der Waals surface area contributed by atoms with Gasteiger partial charge in [0.2, 0.25) is 0 Å². The molecule has 3 nitrogen and oxygen atoms in total. The molecule has 75 valence electrons. The predicted octanol–water partition coefficient (Wildman–Crippen LogP) is 2.14. The number of ether oxygens (including phenoxy) is 1. The fourth-order valence-corrected chi connectivity index (χ4v) is 0.957. The van der Waals surface area contributed by atoms with Gasteiger partial charge in [-0.05, 0) is 18.2 Å². The smallest absolute Gasteiger partial charge is 0.140 e. The number of oxime groups is 1. The van der Waals surface area contributed by atoms with Gasteiger partial charge in [0, 0.05) is 17.7 Å². The predicted molar refractivity (Wildman–Crippen MR) is 55.7 cm³/mol. The Balaban J connectivity index is 2.40. The Hall–Kier alpha value is -1.06. The summed E-state index contributed by atoms with van der Waals surface area (Å²) in [5.41, 5.74) is 0.784. The molecule has 0 aliphatic carbocycles. The summed E-state index contributed by atoms with van der Waals surface area (Å²) in [6, 6.07) is 8.13. The van der Waals surface area contributed by atoms with Crippen molar-refractivity contribution < 1.29 is 9.57 Å². The van der Waals surface area contributed by atoms with Crippen molar-refractivity contribution in [1.29, 1.82) is 0 Å². The molecule has 0 aliphatic rings. The quantitative estimate of drug-likeness (QED) is 0.425. The number of benzene rings is 1. The lowest BCUT2D eigenvalue weighted by molar-refractivity contribution is 0.0760. The fraction of sp³-hybridized carbons (Fsp3) is 0.300. The highest BCUT2D eigenvalue weighted by molar-refractivity contribution is 6.33. The highest BCUT2D eigenvalue weighted by Gasteiger charge is 1.93. The topological polar surface area (TPSA) is 30.8 Å². The molecular weight excluding hydrogens is 202 g/mol. The Morgan fingerprint density at radius 3 is 3.14 bits per heavy atom. The van der Waals surface area contributed by atoms with E-state index in [9.17, 15) is 0 Å². The van der Waals surface area contributed by atoms with E-state index < -0.39 is 0 Å². The molecule has 0 unspecified atom stereocenters. The molecular formula is C10H11ClNO2. The second kappa shape index (κ2) is 6.40. The van der Waals surface area contributed by atoms with Gasteiger partial charge in [0.15, 0.2) is 0 Å². The van der Waals surface area contributed by atoms with E-state index in [2.05, 4.69) is 11.2 Å². The van der Waals surface area contributed by atoms with Crippen molar-refractivity contribution >= 4 is 17.8 Å². The summed E-state index contributed by atoms with van der Waals surface area (Å²) in [6.45, 7) is 0.952. The summed E-state index contributed by atoms with van der Waals surface area (Å²) in [7, 11) is 1.61. The molecule has 1 aromatic carbocycles. The average molecular weight is 213 g/mol. The Morgan fingerprint density at radius 2 is 2.43 bits per heavy atom. The van der Waals surface area contributed by atoms with Crippen molar-refractivity contribution in [1.82, 2.24) is 0 Å². The molecule has 0 aliphatic heterocycles. The summed E-state index contributed by atoms with van der Waals surface area (Å²) < 4.78 is 4.79. The Kier molecular flexibility index (Phi) is 5.04. The third kappa shape index (κ3) is 3.77. The van der Waals surface area contributed by atoms with Crippen molar-refractivity contribution in [2.45, 2.75) is 0 Å². The molecule has 0 saturated heterocycles. The van der Waals surface area contributed by atoms with Crippen LogP contribution in [0.2, 0.25) is 5.02 Å². The molecule has 0 heterocycles. The monoisotopic (exact) mass is 212 g/mol. The molecule has 14 heavy (non-hydrogen) atoms. The molecule has 0 spiro atoms. The molecule has 0 amide bonds. The zero-order valence-corrected chi connectivity index (χ0v) is 8.62. The normalized spacial score (nSPS) is 10.7. The first-order valence-corrected chi connectivity index (χ1v) is 4.52. The van der Waals surface area contributed by atoms with Gasteiger partial charge >= 0.3 is 0 Å². The lowest BCUT2D eigenvalue weighted by Crippen LogP contribution is -1.97. The van der Waals surface area contributed by atoms with Crippen molar-refractivity contribution in [3.63, 3.8) is 0 Å². The molecule has 0 atom stereocenters. The standard InChI is InChI=1S/C10H11ClNO2/c1-13-6-7-14-12-8-9-4-2-3-5-10(9)11/h3-5,8H,6-7H2,1H3. The third-order valence-corrected chi connectivity index (χ3v) is 1.83. The number of hydrogen-bond donors (Lipinski definition) is 0. The van der Waals surface area contributed by atoms with Crippen LogP contribution in [-0.4, -0.2) is 26.5 Å². The van der Waals surface area contributed by atoms with Crippen LogP contribution in [0.5, 0.6) is 0 Å². The van der Waals surface area contributed by atoms with Crippen LogP contribution in [0.4, 0.5) is 0 Å². The first-order chi connectivity index (χ1) is 6.84. The molecule has 4 heteroatoms. The summed E-state index contributed by atoms with van der Waals surface area (Å²) in [5.74, 6) is 0. The fourth-order valence-electron chi connectivity index (χ4n) is 0.791. The summed E-state index contributed by atoms with van der Waals surface area (Å²) in [5, 5.41) is 4.36. The van der Waals surface area contributed by atoms with E-state index in [1.165, 1.54) is 0 Å². The van der Waals surface area contributed by atoms with E-state index in [-0.39, 0.29) is 0 Å². The van der Waals surface area contributed by atoms with Crippen LogP contribution in [0.1, 0.15) is 5.56 Å². The zero-order chi connectivity index (χ0) is 10.2. The molecule has 0 saturated carbocycles. The molecule has 0 N–H and O–H groups in total. The van der Waals surface area contributed by atoms with Crippen molar-refractivity contribution in [3.8, 4) is 0 Å².